The Morgan fingerprint density at radius 1 is 1.29 bits per heavy atom. The highest BCUT2D eigenvalue weighted by atomic mass is 16.4. The lowest BCUT2D eigenvalue weighted by atomic mass is 10.0. The zero-order chi connectivity index (χ0) is 13.1. The minimum absolute atomic E-state index is 0.0209. The molecule has 0 spiro atoms. The van der Waals surface area contributed by atoms with Crippen molar-refractivity contribution in [2.75, 3.05) is 13.1 Å². The van der Waals surface area contributed by atoms with Crippen LogP contribution in [0.3, 0.4) is 0 Å². The minimum atomic E-state index is -0.764. The van der Waals surface area contributed by atoms with Crippen molar-refractivity contribution in [3.05, 3.63) is 0 Å². The summed E-state index contributed by atoms with van der Waals surface area (Å²) >= 11 is 0. The first-order chi connectivity index (χ1) is 8.11. The number of carboxylic acid groups (broad SMARTS) is 1. The SMILES string of the molecule is CCCC(CN)C(=O)NCCCCCC(=O)O. The Morgan fingerprint density at radius 3 is 2.53 bits per heavy atom. The van der Waals surface area contributed by atoms with E-state index >= 15 is 0 Å². The van der Waals surface area contributed by atoms with Gasteiger partial charge >= 0.3 is 5.97 Å². The number of hydrogen-bond donors (Lipinski definition) is 3. The van der Waals surface area contributed by atoms with Crippen molar-refractivity contribution < 1.29 is 14.7 Å². The van der Waals surface area contributed by atoms with Gasteiger partial charge in [-0.1, -0.05) is 19.8 Å². The summed E-state index contributed by atoms with van der Waals surface area (Å²) < 4.78 is 0. The number of rotatable bonds is 10. The fourth-order valence-corrected chi connectivity index (χ4v) is 1.64. The third-order valence-corrected chi connectivity index (χ3v) is 2.66. The molecular weight excluding hydrogens is 220 g/mol. The summed E-state index contributed by atoms with van der Waals surface area (Å²) in [6.07, 6.45) is 4.29. The molecule has 17 heavy (non-hydrogen) atoms. The molecule has 0 aliphatic carbocycles. The van der Waals surface area contributed by atoms with Crippen LogP contribution in [0.1, 0.15) is 45.4 Å². The first kappa shape index (κ1) is 15.9. The molecule has 0 saturated carbocycles. The van der Waals surface area contributed by atoms with Crippen LogP contribution in [0, 0.1) is 5.92 Å². The summed E-state index contributed by atoms with van der Waals surface area (Å²) in [6.45, 7) is 3.03. The predicted octanol–water partition coefficient (Wildman–Crippen LogP) is 1.12. The molecule has 0 aliphatic heterocycles. The molecule has 1 unspecified atom stereocenters. The van der Waals surface area contributed by atoms with Gasteiger partial charge in [0.2, 0.25) is 5.91 Å². The van der Waals surface area contributed by atoms with Gasteiger partial charge in [-0.2, -0.15) is 0 Å². The zero-order valence-electron chi connectivity index (χ0n) is 10.6. The number of carboxylic acids is 1. The molecule has 0 radical (unpaired) electrons. The predicted molar refractivity (Wildman–Crippen MR) is 66.6 cm³/mol. The Morgan fingerprint density at radius 2 is 2.00 bits per heavy atom. The van der Waals surface area contributed by atoms with Crippen LogP contribution in [-0.2, 0) is 9.59 Å². The normalized spacial score (nSPS) is 12.1. The van der Waals surface area contributed by atoms with E-state index in [2.05, 4.69) is 5.32 Å². The summed E-state index contributed by atoms with van der Waals surface area (Å²) in [5.41, 5.74) is 5.52. The molecule has 1 amide bonds. The van der Waals surface area contributed by atoms with Gasteiger partial charge in [-0.3, -0.25) is 9.59 Å². The van der Waals surface area contributed by atoms with Crippen LogP contribution in [0.2, 0.25) is 0 Å². The molecule has 1 atom stereocenters. The Bertz CT molecular complexity index is 232. The monoisotopic (exact) mass is 244 g/mol. The third kappa shape index (κ3) is 8.68. The lowest BCUT2D eigenvalue weighted by molar-refractivity contribution is -0.137. The van der Waals surface area contributed by atoms with Gasteiger partial charge in [0.15, 0.2) is 0 Å². The van der Waals surface area contributed by atoms with Gasteiger partial charge in [-0.05, 0) is 19.3 Å². The summed E-state index contributed by atoms with van der Waals surface area (Å²) in [5, 5.41) is 11.3. The molecule has 0 aromatic rings. The smallest absolute Gasteiger partial charge is 0.303 e. The molecule has 4 N–H and O–H groups in total. The standard InChI is InChI=1S/C12H24N2O3/c1-2-6-10(9-13)12(17)14-8-5-3-4-7-11(15)16/h10H,2-9,13H2,1H3,(H,14,17)(H,15,16). The zero-order valence-corrected chi connectivity index (χ0v) is 10.6. The summed E-state index contributed by atoms with van der Waals surface area (Å²) in [7, 11) is 0. The molecule has 5 nitrogen and oxygen atoms in total. The second kappa shape index (κ2) is 10.1. The van der Waals surface area contributed by atoms with Gasteiger partial charge in [0.25, 0.3) is 0 Å². The maximum atomic E-state index is 11.6. The van der Waals surface area contributed by atoms with Crippen LogP contribution >= 0.6 is 0 Å². The van der Waals surface area contributed by atoms with E-state index in [4.69, 9.17) is 10.8 Å². The van der Waals surface area contributed by atoms with Gasteiger partial charge in [0, 0.05) is 19.5 Å². The Kier molecular flexibility index (Phi) is 9.43. The fourth-order valence-electron chi connectivity index (χ4n) is 1.64. The topological polar surface area (TPSA) is 92.4 Å². The van der Waals surface area contributed by atoms with E-state index in [9.17, 15) is 9.59 Å². The number of nitrogens with one attached hydrogen (secondary N) is 1. The van der Waals surface area contributed by atoms with Crippen molar-refractivity contribution in [3.63, 3.8) is 0 Å². The third-order valence-electron chi connectivity index (χ3n) is 2.66. The molecule has 0 saturated heterocycles. The largest absolute Gasteiger partial charge is 0.481 e. The van der Waals surface area contributed by atoms with E-state index < -0.39 is 5.97 Å². The molecule has 0 bridgehead atoms. The molecule has 0 aliphatic rings. The lowest BCUT2D eigenvalue weighted by Gasteiger charge is -2.13. The number of aliphatic carboxylic acids is 1. The lowest BCUT2D eigenvalue weighted by Crippen LogP contribution is -2.35. The van der Waals surface area contributed by atoms with Gasteiger partial charge in [0.1, 0.15) is 0 Å². The second-order valence-electron chi connectivity index (χ2n) is 4.22. The summed E-state index contributed by atoms with van der Waals surface area (Å²) in [4.78, 5) is 21.9. The number of nitrogens with two attached hydrogens (primary N) is 1. The summed E-state index contributed by atoms with van der Waals surface area (Å²) in [5.74, 6) is -0.827. The highest BCUT2D eigenvalue weighted by Crippen LogP contribution is 2.04. The van der Waals surface area contributed by atoms with Crippen LogP contribution in [0.25, 0.3) is 0 Å². The second-order valence-corrected chi connectivity index (χ2v) is 4.22. The average Bonchev–Trinajstić information content (AvgIpc) is 2.29. The molecule has 100 valence electrons. The van der Waals surface area contributed by atoms with Crippen LogP contribution < -0.4 is 11.1 Å². The fraction of sp³-hybridized carbons (Fsp3) is 0.833. The van der Waals surface area contributed by atoms with E-state index in [1.165, 1.54) is 0 Å². The molecule has 0 heterocycles. The number of carbonyl (C=O) groups excluding carboxylic acids is 1. The maximum absolute atomic E-state index is 11.6. The number of carbonyl (C=O) groups is 2. The first-order valence-electron chi connectivity index (χ1n) is 6.31. The highest BCUT2D eigenvalue weighted by molar-refractivity contribution is 5.78. The molecular formula is C12H24N2O3. The van der Waals surface area contributed by atoms with Gasteiger partial charge < -0.3 is 16.2 Å². The van der Waals surface area contributed by atoms with Gasteiger partial charge in [-0.25, -0.2) is 0 Å². The summed E-state index contributed by atoms with van der Waals surface area (Å²) in [6, 6.07) is 0. The number of unbranched alkanes of at least 4 members (excludes halogenated alkanes) is 2. The van der Waals surface area contributed by atoms with Crippen molar-refractivity contribution in [1.29, 1.82) is 0 Å². The average molecular weight is 244 g/mol. The Balaban J connectivity index is 3.52. The highest BCUT2D eigenvalue weighted by Gasteiger charge is 2.14. The van der Waals surface area contributed by atoms with E-state index in [1.807, 2.05) is 6.92 Å². The molecule has 0 rings (SSSR count). The molecule has 0 aromatic carbocycles. The van der Waals surface area contributed by atoms with Crippen molar-refractivity contribution in [2.24, 2.45) is 11.7 Å². The van der Waals surface area contributed by atoms with Crippen molar-refractivity contribution in [1.82, 2.24) is 5.32 Å². The molecule has 0 aromatic heterocycles. The minimum Gasteiger partial charge on any atom is -0.481 e. The van der Waals surface area contributed by atoms with Crippen molar-refractivity contribution >= 4 is 11.9 Å². The number of amides is 1. The van der Waals surface area contributed by atoms with E-state index in [-0.39, 0.29) is 18.2 Å². The number of hydrogen-bond acceptors (Lipinski definition) is 3. The molecule has 0 fully saturated rings. The Hall–Kier alpha value is -1.10. The van der Waals surface area contributed by atoms with Crippen LogP contribution in [-0.4, -0.2) is 30.1 Å². The van der Waals surface area contributed by atoms with Crippen LogP contribution in [0.5, 0.6) is 0 Å². The van der Waals surface area contributed by atoms with Gasteiger partial charge in [-0.15, -0.1) is 0 Å². The van der Waals surface area contributed by atoms with Gasteiger partial charge in [0.05, 0.1) is 5.92 Å². The molecule has 5 heteroatoms. The van der Waals surface area contributed by atoms with Crippen molar-refractivity contribution in [3.8, 4) is 0 Å². The first-order valence-corrected chi connectivity index (χ1v) is 6.31. The van der Waals surface area contributed by atoms with Crippen LogP contribution in [0.4, 0.5) is 0 Å². The van der Waals surface area contributed by atoms with E-state index in [1.54, 1.807) is 0 Å². The van der Waals surface area contributed by atoms with E-state index in [0.29, 0.717) is 19.5 Å². The van der Waals surface area contributed by atoms with E-state index in [0.717, 1.165) is 25.7 Å². The van der Waals surface area contributed by atoms with Crippen molar-refractivity contribution in [2.45, 2.75) is 45.4 Å². The Labute approximate surface area is 103 Å². The maximum Gasteiger partial charge on any atom is 0.303 e. The van der Waals surface area contributed by atoms with Crippen LogP contribution in [0.15, 0.2) is 0 Å². The quantitative estimate of drug-likeness (QED) is 0.502.